The van der Waals surface area contributed by atoms with Crippen LogP contribution in [0, 0.1) is 0 Å². The van der Waals surface area contributed by atoms with Gasteiger partial charge >= 0.3 is 11.9 Å². The first kappa shape index (κ1) is 19.9. The molecular formula is C16H31NO4. The second-order valence-electron chi connectivity index (χ2n) is 5.78. The number of carbonyl (C=O) groups excluding carboxylic acids is 2. The third-order valence-corrected chi connectivity index (χ3v) is 2.81. The zero-order valence-corrected chi connectivity index (χ0v) is 14.3. The molecule has 0 aliphatic rings. The Kier molecular flexibility index (Phi) is 10.0. The minimum atomic E-state index is -0.557. The Morgan fingerprint density at radius 2 is 1.38 bits per heavy atom. The fourth-order valence-electron chi connectivity index (χ4n) is 2.14. The van der Waals surface area contributed by atoms with Crippen molar-refractivity contribution in [3.63, 3.8) is 0 Å². The minimum absolute atomic E-state index is 0.0454. The highest BCUT2D eigenvalue weighted by molar-refractivity contribution is 5.82. The van der Waals surface area contributed by atoms with E-state index in [0.717, 1.165) is 25.9 Å². The lowest BCUT2D eigenvalue weighted by Gasteiger charge is -2.29. The first-order chi connectivity index (χ1) is 9.81. The Hall–Kier alpha value is -1.10. The molecular weight excluding hydrogens is 270 g/mol. The molecule has 0 radical (unpaired) electrons. The van der Waals surface area contributed by atoms with E-state index in [-0.39, 0.29) is 30.6 Å². The van der Waals surface area contributed by atoms with Gasteiger partial charge in [0.05, 0.1) is 18.6 Å². The van der Waals surface area contributed by atoms with Crippen molar-refractivity contribution in [2.45, 2.75) is 79.1 Å². The molecule has 0 aromatic carbocycles. The van der Waals surface area contributed by atoms with Gasteiger partial charge in [0.15, 0.2) is 0 Å². The molecule has 5 heteroatoms. The third-order valence-electron chi connectivity index (χ3n) is 2.81. The van der Waals surface area contributed by atoms with Crippen LogP contribution in [0.2, 0.25) is 0 Å². The van der Waals surface area contributed by atoms with Crippen LogP contribution in [0.3, 0.4) is 0 Å². The maximum Gasteiger partial charge on any atom is 0.324 e. The molecule has 0 saturated heterocycles. The van der Waals surface area contributed by atoms with Crippen LogP contribution in [0.15, 0.2) is 0 Å². The lowest BCUT2D eigenvalue weighted by Crippen LogP contribution is -2.45. The van der Waals surface area contributed by atoms with Gasteiger partial charge in [-0.05, 0) is 53.6 Å². The van der Waals surface area contributed by atoms with E-state index in [4.69, 9.17) is 9.47 Å². The number of rotatable bonds is 10. The van der Waals surface area contributed by atoms with Gasteiger partial charge in [-0.15, -0.1) is 0 Å². The summed E-state index contributed by atoms with van der Waals surface area (Å²) < 4.78 is 10.5. The average molecular weight is 301 g/mol. The monoisotopic (exact) mass is 301 g/mol. The normalized spacial score (nSPS) is 12.8. The molecule has 0 bridgehead atoms. The van der Waals surface area contributed by atoms with Gasteiger partial charge in [-0.25, -0.2) is 0 Å². The standard InChI is InChI=1S/C16H31NO4/c1-7-9-17(10-8-2)14(16(19)21-13(5)6)11-15(18)20-12(3)4/h12-14H,7-11H2,1-6H3. The summed E-state index contributed by atoms with van der Waals surface area (Å²) in [5.41, 5.74) is 0. The zero-order chi connectivity index (χ0) is 16.4. The number of ether oxygens (including phenoxy) is 2. The van der Waals surface area contributed by atoms with Crippen molar-refractivity contribution in [1.82, 2.24) is 4.90 Å². The van der Waals surface area contributed by atoms with Crippen molar-refractivity contribution in [2.24, 2.45) is 0 Å². The topological polar surface area (TPSA) is 55.8 Å². The summed E-state index contributed by atoms with van der Waals surface area (Å²) in [5, 5.41) is 0. The van der Waals surface area contributed by atoms with Gasteiger partial charge in [0, 0.05) is 0 Å². The predicted octanol–water partition coefficient (Wildman–Crippen LogP) is 2.77. The van der Waals surface area contributed by atoms with E-state index >= 15 is 0 Å². The highest BCUT2D eigenvalue weighted by Gasteiger charge is 2.30. The Balaban J connectivity index is 4.95. The highest BCUT2D eigenvalue weighted by Crippen LogP contribution is 2.12. The van der Waals surface area contributed by atoms with Gasteiger partial charge < -0.3 is 9.47 Å². The molecule has 0 rings (SSSR count). The van der Waals surface area contributed by atoms with Crippen LogP contribution in [-0.4, -0.2) is 48.2 Å². The summed E-state index contributed by atoms with van der Waals surface area (Å²) in [7, 11) is 0. The molecule has 0 aromatic heterocycles. The zero-order valence-electron chi connectivity index (χ0n) is 14.3. The van der Waals surface area contributed by atoms with E-state index in [1.54, 1.807) is 13.8 Å². The van der Waals surface area contributed by atoms with Crippen LogP contribution in [0.5, 0.6) is 0 Å². The van der Waals surface area contributed by atoms with Gasteiger partial charge in [-0.3, -0.25) is 14.5 Å². The summed E-state index contributed by atoms with van der Waals surface area (Å²) in [6.07, 6.45) is 1.52. The highest BCUT2D eigenvalue weighted by atomic mass is 16.6. The Labute approximate surface area is 129 Å². The molecule has 0 aromatic rings. The van der Waals surface area contributed by atoms with Crippen LogP contribution in [0.4, 0.5) is 0 Å². The van der Waals surface area contributed by atoms with Crippen LogP contribution in [0.25, 0.3) is 0 Å². The fraction of sp³-hybridized carbons (Fsp3) is 0.875. The SMILES string of the molecule is CCCN(CCC)C(CC(=O)OC(C)C)C(=O)OC(C)C. The maximum absolute atomic E-state index is 12.3. The van der Waals surface area contributed by atoms with Crippen molar-refractivity contribution in [3.8, 4) is 0 Å². The van der Waals surface area contributed by atoms with Crippen LogP contribution < -0.4 is 0 Å². The molecule has 0 aliphatic carbocycles. The van der Waals surface area contributed by atoms with Gasteiger partial charge in [-0.2, -0.15) is 0 Å². The molecule has 0 saturated carbocycles. The lowest BCUT2D eigenvalue weighted by atomic mass is 10.1. The second-order valence-corrected chi connectivity index (χ2v) is 5.78. The van der Waals surface area contributed by atoms with Crippen molar-refractivity contribution in [1.29, 1.82) is 0 Å². The summed E-state index contributed by atoms with van der Waals surface area (Å²) >= 11 is 0. The summed E-state index contributed by atoms with van der Waals surface area (Å²) in [6, 6.07) is -0.557. The van der Waals surface area contributed by atoms with Gasteiger partial charge in [0.25, 0.3) is 0 Å². The van der Waals surface area contributed by atoms with E-state index in [1.165, 1.54) is 0 Å². The van der Waals surface area contributed by atoms with E-state index in [0.29, 0.717) is 0 Å². The molecule has 0 heterocycles. The first-order valence-electron chi connectivity index (χ1n) is 7.95. The molecule has 21 heavy (non-hydrogen) atoms. The Morgan fingerprint density at radius 3 is 1.76 bits per heavy atom. The average Bonchev–Trinajstić information content (AvgIpc) is 2.34. The molecule has 0 aliphatic heterocycles. The largest absolute Gasteiger partial charge is 0.463 e. The fourth-order valence-corrected chi connectivity index (χ4v) is 2.14. The second kappa shape index (κ2) is 10.6. The van der Waals surface area contributed by atoms with E-state index in [1.807, 2.05) is 18.7 Å². The van der Waals surface area contributed by atoms with Crippen molar-refractivity contribution in [2.75, 3.05) is 13.1 Å². The molecule has 124 valence electrons. The molecule has 5 nitrogen and oxygen atoms in total. The molecule has 0 fully saturated rings. The number of nitrogens with zero attached hydrogens (tertiary/aromatic N) is 1. The lowest BCUT2D eigenvalue weighted by molar-refractivity contribution is -0.161. The van der Waals surface area contributed by atoms with Crippen molar-refractivity contribution in [3.05, 3.63) is 0 Å². The van der Waals surface area contributed by atoms with Crippen molar-refractivity contribution >= 4 is 11.9 Å². The van der Waals surface area contributed by atoms with E-state index < -0.39 is 6.04 Å². The molecule has 1 atom stereocenters. The minimum Gasteiger partial charge on any atom is -0.463 e. The van der Waals surface area contributed by atoms with Crippen molar-refractivity contribution < 1.29 is 19.1 Å². The van der Waals surface area contributed by atoms with Gasteiger partial charge in [0.1, 0.15) is 6.04 Å². The molecule has 0 spiro atoms. The summed E-state index contributed by atoms with van der Waals surface area (Å²) in [4.78, 5) is 26.2. The van der Waals surface area contributed by atoms with E-state index in [2.05, 4.69) is 13.8 Å². The predicted molar refractivity (Wildman–Crippen MR) is 83.0 cm³/mol. The summed E-state index contributed by atoms with van der Waals surface area (Å²) in [5.74, 6) is -0.694. The quantitative estimate of drug-likeness (QED) is 0.581. The molecule has 0 amide bonds. The molecule has 1 unspecified atom stereocenters. The van der Waals surface area contributed by atoms with Crippen LogP contribution in [-0.2, 0) is 19.1 Å². The Morgan fingerprint density at radius 1 is 0.905 bits per heavy atom. The third kappa shape index (κ3) is 8.71. The Bertz CT molecular complexity index is 309. The van der Waals surface area contributed by atoms with Gasteiger partial charge in [-0.1, -0.05) is 13.8 Å². The molecule has 0 N–H and O–H groups in total. The smallest absolute Gasteiger partial charge is 0.324 e. The number of hydrogen-bond donors (Lipinski definition) is 0. The maximum atomic E-state index is 12.3. The number of hydrogen-bond acceptors (Lipinski definition) is 5. The van der Waals surface area contributed by atoms with Gasteiger partial charge in [0.2, 0.25) is 0 Å². The number of esters is 2. The number of carbonyl (C=O) groups is 2. The van der Waals surface area contributed by atoms with Crippen LogP contribution >= 0.6 is 0 Å². The first-order valence-corrected chi connectivity index (χ1v) is 7.95. The van der Waals surface area contributed by atoms with Crippen LogP contribution in [0.1, 0.15) is 60.8 Å². The van der Waals surface area contributed by atoms with E-state index in [9.17, 15) is 9.59 Å². The summed E-state index contributed by atoms with van der Waals surface area (Å²) in [6.45, 7) is 12.9.